The third kappa shape index (κ3) is 3.54. The van der Waals surface area contributed by atoms with Crippen molar-refractivity contribution < 1.29 is 13.9 Å². The number of nitrogens with one attached hydrogen (secondary N) is 1. The van der Waals surface area contributed by atoms with Gasteiger partial charge in [0.2, 0.25) is 0 Å². The maximum atomic E-state index is 14.2. The van der Waals surface area contributed by atoms with Crippen molar-refractivity contribution in [3.63, 3.8) is 0 Å². The van der Waals surface area contributed by atoms with Crippen LogP contribution in [0.25, 0.3) is 11.3 Å². The molecule has 1 unspecified atom stereocenters. The zero-order valence-electron chi connectivity index (χ0n) is 17.6. The first-order valence-electron chi connectivity index (χ1n) is 10.5. The number of aromatic amines is 1. The van der Waals surface area contributed by atoms with Gasteiger partial charge in [0, 0.05) is 17.7 Å². The van der Waals surface area contributed by atoms with Crippen LogP contribution in [0.3, 0.4) is 0 Å². The van der Waals surface area contributed by atoms with Crippen molar-refractivity contribution in [2.24, 2.45) is 0 Å². The lowest BCUT2D eigenvalue weighted by atomic mass is 9.96. The Morgan fingerprint density at radius 3 is 2.53 bits per heavy atom. The molecule has 6 heteroatoms. The fourth-order valence-corrected chi connectivity index (χ4v) is 4.31. The van der Waals surface area contributed by atoms with Crippen molar-refractivity contribution in [2.75, 3.05) is 13.7 Å². The molecule has 1 aromatic heterocycles. The van der Waals surface area contributed by atoms with Crippen molar-refractivity contribution in [2.45, 2.75) is 12.5 Å². The third-order valence-corrected chi connectivity index (χ3v) is 5.88. The Balaban J connectivity index is 1.57. The van der Waals surface area contributed by atoms with Crippen LogP contribution in [0.2, 0.25) is 0 Å². The van der Waals surface area contributed by atoms with Gasteiger partial charge in [0.05, 0.1) is 18.8 Å². The molecule has 5 nitrogen and oxygen atoms in total. The molecule has 0 saturated heterocycles. The molecule has 160 valence electrons. The Hall–Kier alpha value is -3.93. The SMILES string of the molecule is COc1ccc(-c2n[nH]c3c2C(c2cccc(F)c2)N(CCc2ccccc2)C3=O)cc1. The number of halogens is 1. The van der Waals surface area contributed by atoms with Crippen molar-refractivity contribution >= 4 is 5.91 Å². The summed E-state index contributed by atoms with van der Waals surface area (Å²) < 4.78 is 19.4. The van der Waals surface area contributed by atoms with Crippen LogP contribution in [0.5, 0.6) is 5.75 Å². The molecule has 1 atom stereocenters. The predicted octanol–water partition coefficient (Wildman–Crippen LogP) is 5.01. The van der Waals surface area contributed by atoms with E-state index >= 15 is 0 Å². The molecule has 0 bridgehead atoms. The lowest BCUT2D eigenvalue weighted by molar-refractivity contribution is 0.0745. The number of methoxy groups -OCH3 is 1. The number of hydrogen-bond acceptors (Lipinski definition) is 3. The van der Waals surface area contributed by atoms with Crippen LogP contribution in [0.4, 0.5) is 4.39 Å². The van der Waals surface area contributed by atoms with Crippen LogP contribution in [0.15, 0.2) is 78.9 Å². The van der Waals surface area contributed by atoms with Crippen molar-refractivity contribution in [3.05, 3.63) is 107 Å². The number of H-pyrrole nitrogens is 1. The number of carbonyl (C=O) groups is 1. The number of rotatable bonds is 6. The van der Waals surface area contributed by atoms with E-state index in [-0.39, 0.29) is 11.7 Å². The van der Waals surface area contributed by atoms with E-state index in [4.69, 9.17) is 4.74 Å². The Bertz CT molecular complexity index is 1250. The van der Waals surface area contributed by atoms with E-state index in [1.165, 1.54) is 12.1 Å². The summed E-state index contributed by atoms with van der Waals surface area (Å²) in [5.41, 5.74) is 4.65. The van der Waals surface area contributed by atoms with Gasteiger partial charge in [0.15, 0.2) is 0 Å². The molecule has 0 radical (unpaired) electrons. The lowest BCUT2D eigenvalue weighted by Gasteiger charge is -2.26. The van der Waals surface area contributed by atoms with Gasteiger partial charge in [-0.3, -0.25) is 9.89 Å². The van der Waals surface area contributed by atoms with Gasteiger partial charge in [-0.1, -0.05) is 42.5 Å². The van der Waals surface area contributed by atoms with Gasteiger partial charge in [0.1, 0.15) is 17.3 Å². The summed E-state index contributed by atoms with van der Waals surface area (Å²) in [7, 11) is 1.62. The number of fused-ring (bicyclic) bond motifs is 1. The maximum Gasteiger partial charge on any atom is 0.273 e. The van der Waals surface area contributed by atoms with Gasteiger partial charge in [-0.15, -0.1) is 0 Å². The Kier molecular flexibility index (Phi) is 5.19. The number of benzene rings is 3. The molecule has 2 heterocycles. The van der Waals surface area contributed by atoms with Crippen molar-refractivity contribution in [1.82, 2.24) is 15.1 Å². The van der Waals surface area contributed by atoms with E-state index in [9.17, 15) is 9.18 Å². The zero-order chi connectivity index (χ0) is 22.1. The van der Waals surface area contributed by atoms with Gasteiger partial charge >= 0.3 is 0 Å². The van der Waals surface area contributed by atoms with E-state index in [2.05, 4.69) is 10.2 Å². The molecule has 4 aromatic rings. The van der Waals surface area contributed by atoms with Crippen LogP contribution >= 0.6 is 0 Å². The molecule has 0 saturated carbocycles. The molecule has 0 spiro atoms. The highest BCUT2D eigenvalue weighted by Gasteiger charge is 2.42. The van der Waals surface area contributed by atoms with Crippen LogP contribution in [0, 0.1) is 5.82 Å². The van der Waals surface area contributed by atoms with Crippen LogP contribution < -0.4 is 4.74 Å². The lowest BCUT2D eigenvalue weighted by Crippen LogP contribution is -2.31. The highest BCUT2D eigenvalue weighted by atomic mass is 19.1. The number of ether oxygens (including phenoxy) is 1. The summed E-state index contributed by atoms with van der Waals surface area (Å²) in [6.45, 7) is 0.509. The van der Waals surface area contributed by atoms with Gasteiger partial charge in [-0.05, 0) is 53.9 Å². The first-order chi connectivity index (χ1) is 15.7. The number of hydrogen-bond donors (Lipinski definition) is 1. The standard InChI is InChI=1S/C26H22FN3O2/c1-32-21-12-10-18(11-13-21)23-22-24(29-28-23)26(31)30(15-14-17-6-3-2-4-7-17)25(22)19-8-5-9-20(27)16-19/h2-13,16,25H,14-15H2,1H3,(H,28,29). The number of nitrogens with zero attached hydrogens (tertiary/aromatic N) is 2. The number of aromatic nitrogens is 2. The Morgan fingerprint density at radius 2 is 1.81 bits per heavy atom. The van der Waals surface area contributed by atoms with E-state index in [0.717, 1.165) is 28.0 Å². The molecule has 5 rings (SSSR count). The molecule has 1 N–H and O–H groups in total. The molecule has 1 aliphatic heterocycles. The smallest absolute Gasteiger partial charge is 0.273 e. The molecular weight excluding hydrogens is 405 g/mol. The summed E-state index contributed by atoms with van der Waals surface area (Å²) in [5, 5.41) is 7.40. The van der Waals surface area contributed by atoms with Gasteiger partial charge in [-0.25, -0.2) is 4.39 Å². The van der Waals surface area contributed by atoms with Crippen LogP contribution in [-0.4, -0.2) is 34.7 Å². The molecule has 3 aromatic carbocycles. The largest absolute Gasteiger partial charge is 0.497 e. The van der Waals surface area contributed by atoms with E-state index in [1.807, 2.05) is 60.7 Å². The summed E-state index contributed by atoms with van der Waals surface area (Å²) in [4.78, 5) is 15.2. The highest BCUT2D eigenvalue weighted by molar-refractivity contribution is 6.00. The van der Waals surface area contributed by atoms with Crippen molar-refractivity contribution in [3.8, 4) is 17.0 Å². The first-order valence-corrected chi connectivity index (χ1v) is 10.5. The molecular formula is C26H22FN3O2. The summed E-state index contributed by atoms with van der Waals surface area (Å²) >= 11 is 0. The summed E-state index contributed by atoms with van der Waals surface area (Å²) in [6, 6.07) is 23.6. The molecule has 0 aliphatic carbocycles. The first kappa shape index (κ1) is 20.0. The third-order valence-electron chi connectivity index (χ3n) is 5.88. The average Bonchev–Trinajstić information content (AvgIpc) is 3.37. The monoisotopic (exact) mass is 427 g/mol. The minimum atomic E-state index is -0.423. The average molecular weight is 427 g/mol. The minimum Gasteiger partial charge on any atom is -0.497 e. The van der Waals surface area contributed by atoms with Gasteiger partial charge < -0.3 is 9.64 Å². The van der Waals surface area contributed by atoms with Crippen LogP contribution in [-0.2, 0) is 6.42 Å². The second-order valence-corrected chi connectivity index (χ2v) is 7.78. The van der Waals surface area contributed by atoms with Gasteiger partial charge in [0.25, 0.3) is 5.91 Å². The summed E-state index contributed by atoms with van der Waals surface area (Å²) in [5.74, 6) is 0.279. The van der Waals surface area contributed by atoms with E-state index < -0.39 is 6.04 Å². The molecule has 1 aliphatic rings. The second-order valence-electron chi connectivity index (χ2n) is 7.78. The number of amides is 1. The topological polar surface area (TPSA) is 58.2 Å². The van der Waals surface area contributed by atoms with E-state index in [0.29, 0.717) is 24.4 Å². The van der Waals surface area contributed by atoms with Crippen LogP contribution in [0.1, 0.15) is 33.2 Å². The maximum absolute atomic E-state index is 14.2. The fourth-order valence-electron chi connectivity index (χ4n) is 4.31. The van der Waals surface area contributed by atoms with Gasteiger partial charge in [-0.2, -0.15) is 5.10 Å². The number of carbonyl (C=O) groups excluding carboxylic acids is 1. The molecule has 0 fully saturated rings. The summed E-state index contributed by atoms with van der Waals surface area (Å²) in [6.07, 6.45) is 0.702. The fraction of sp³-hybridized carbons (Fsp3) is 0.154. The normalized spacial score (nSPS) is 15.1. The van der Waals surface area contributed by atoms with Crippen molar-refractivity contribution in [1.29, 1.82) is 0 Å². The molecule has 1 amide bonds. The highest BCUT2D eigenvalue weighted by Crippen LogP contribution is 2.43. The zero-order valence-corrected chi connectivity index (χ0v) is 17.6. The second kappa shape index (κ2) is 8.30. The molecule has 32 heavy (non-hydrogen) atoms. The van der Waals surface area contributed by atoms with E-state index in [1.54, 1.807) is 18.1 Å². The quantitative estimate of drug-likeness (QED) is 0.470. The Labute approximate surface area is 185 Å². The predicted molar refractivity (Wildman–Crippen MR) is 120 cm³/mol. The minimum absolute atomic E-state index is 0.127. The Morgan fingerprint density at radius 1 is 1.03 bits per heavy atom.